The van der Waals surface area contributed by atoms with E-state index in [0.29, 0.717) is 5.95 Å². The molecule has 5 nitrogen and oxygen atoms in total. The molecule has 0 spiro atoms. The van der Waals surface area contributed by atoms with E-state index in [0.717, 1.165) is 43.0 Å². The Kier molecular flexibility index (Phi) is 4.48. The van der Waals surface area contributed by atoms with Crippen LogP contribution in [0.3, 0.4) is 0 Å². The lowest BCUT2D eigenvalue weighted by atomic mass is 10.1. The highest BCUT2D eigenvalue weighted by Crippen LogP contribution is 2.27. The first-order valence-corrected chi connectivity index (χ1v) is 8.72. The molecule has 128 valence electrons. The predicted octanol–water partition coefficient (Wildman–Crippen LogP) is 3.64. The molecule has 25 heavy (non-hydrogen) atoms. The number of fused-ring (bicyclic) bond motifs is 1. The molecule has 4 rings (SSSR count). The summed E-state index contributed by atoms with van der Waals surface area (Å²) in [7, 11) is 0. The van der Waals surface area contributed by atoms with Crippen LogP contribution in [-0.2, 0) is 4.74 Å². The summed E-state index contributed by atoms with van der Waals surface area (Å²) in [5.74, 6) is 1.65. The van der Waals surface area contributed by atoms with Gasteiger partial charge in [-0.1, -0.05) is 42.5 Å². The second-order valence-corrected chi connectivity index (χ2v) is 6.26. The maximum absolute atomic E-state index is 5.49. The summed E-state index contributed by atoms with van der Waals surface area (Å²) in [5.41, 5.74) is 2.17. The molecule has 1 aliphatic rings. The molecule has 1 unspecified atom stereocenters. The molecule has 2 heterocycles. The number of morpholine rings is 1. The number of ether oxygens (including phenoxy) is 1. The highest BCUT2D eigenvalue weighted by molar-refractivity contribution is 5.90. The average molecular weight is 334 g/mol. The number of anilines is 2. The van der Waals surface area contributed by atoms with Crippen LogP contribution in [0.2, 0.25) is 0 Å². The van der Waals surface area contributed by atoms with Crippen LogP contribution in [0.5, 0.6) is 0 Å². The molecule has 1 saturated heterocycles. The van der Waals surface area contributed by atoms with Crippen LogP contribution in [-0.4, -0.2) is 36.3 Å². The number of aromatic nitrogens is 2. The maximum atomic E-state index is 5.49. The van der Waals surface area contributed by atoms with Crippen molar-refractivity contribution in [3.63, 3.8) is 0 Å². The highest BCUT2D eigenvalue weighted by atomic mass is 16.5. The van der Waals surface area contributed by atoms with Crippen molar-refractivity contribution in [2.24, 2.45) is 0 Å². The van der Waals surface area contributed by atoms with Crippen molar-refractivity contribution in [1.29, 1.82) is 0 Å². The van der Waals surface area contributed by atoms with E-state index < -0.39 is 0 Å². The van der Waals surface area contributed by atoms with E-state index >= 15 is 0 Å². The monoisotopic (exact) mass is 334 g/mol. The van der Waals surface area contributed by atoms with Gasteiger partial charge in [-0.15, -0.1) is 0 Å². The van der Waals surface area contributed by atoms with Crippen molar-refractivity contribution >= 4 is 22.7 Å². The Hall–Kier alpha value is -2.66. The molecule has 1 atom stereocenters. The fourth-order valence-corrected chi connectivity index (χ4v) is 3.16. The molecule has 1 fully saturated rings. The Labute approximate surface area is 147 Å². The minimum Gasteiger partial charge on any atom is -0.378 e. The van der Waals surface area contributed by atoms with Gasteiger partial charge in [-0.25, -0.2) is 4.98 Å². The number of nitrogens with one attached hydrogen (secondary N) is 1. The molecule has 0 radical (unpaired) electrons. The molecule has 1 N–H and O–H groups in total. The van der Waals surface area contributed by atoms with Crippen LogP contribution in [0.1, 0.15) is 18.5 Å². The van der Waals surface area contributed by atoms with Crippen molar-refractivity contribution in [1.82, 2.24) is 9.97 Å². The van der Waals surface area contributed by atoms with Gasteiger partial charge in [-0.05, 0) is 24.6 Å². The van der Waals surface area contributed by atoms with Gasteiger partial charge in [0.15, 0.2) is 0 Å². The number of nitrogens with zero attached hydrogens (tertiary/aromatic N) is 3. The van der Waals surface area contributed by atoms with E-state index in [1.54, 1.807) is 0 Å². The van der Waals surface area contributed by atoms with Crippen LogP contribution in [0, 0.1) is 0 Å². The Bertz CT molecular complexity index is 847. The van der Waals surface area contributed by atoms with E-state index in [-0.39, 0.29) is 6.04 Å². The summed E-state index contributed by atoms with van der Waals surface area (Å²) < 4.78 is 5.49. The summed E-state index contributed by atoms with van der Waals surface area (Å²) in [6.07, 6.45) is 0. The van der Waals surface area contributed by atoms with Gasteiger partial charge in [-0.2, -0.15) is 4.98 Å². The van der Waals surface area contributed by atoms with Crippen molar-refractivity contribution < 1.29 is 4.74 Å². The Morgan fingerprint density at radius 1 is 0.960 bits per heavy atom. The standard InChI is InChI=1S/C20H22N4O/c1-15(16-7-3-2-4-8-16)21-20-22-18-10-6-5-9-17(18)19(23-20)24-11-13-25-14-12-24/h2-10,15H,11-14H2,1H3,(H,21,22,23). The zero-order valence-electron chi connectivity index (χ0n) is 14.4. The zero-order valence-corrected chi connectivity index (χ0v) is 14.4. The van der Waals surface area contributed by atoms with E-state index in [1.165, 1.54) is 5.56 Å². The van der Waals surface area contributed by atoms with Crippen LogP contribution < -0.4 is 10.2 Å². The summed E-state index contributed by atoms with van der Waals surface area (Å²) in [6, 6.07) is 18.7. The lowest BCUT2D eigenvalue weighted by molar-refractivity contribution is 0.122. The highest BCUT2D eigenvalue weighted by Gasteiger charge is 2.18. The molecular formula is C20H22N4O. The van der Waals surface area contributed by atoms with Gasteiger partial charge < -0.3 is 15.0 Å². The fraction of sp³-hybridized carbons (Fsp3) is 0.300. The second-order valence-electron chi connectivity index (χ2n) is 6.26. The topological polar surface area (TPSA) is 50.3 Å². The smallest absolute Gasteiger partial charge is 0.225 e. The minimum atomic E-state index is 0.139. The first-order chi connectivity index (χ1) is 12.3. The van der Waals surface area contributed by atoms with Crippen molar-refractivity contribution in [3.8, 4) is 0 Å². The molecule has 0 saturated carbocycles. The second kappa shape index (κ2) is 7.07. The molecule has 3 aromatic rings. The number of benzene rings is 2. The Morgan fingerprint density at radius 3 is 2.48 bits per heavy atom. The first kappa shape index (κ1) is 15.8. The van der Waals surface area contributed by atoms with Crippen LogP contribution in [0.25, 0.3) is 10.9 Å². The lowest BCUT2D eigenvalue weighted by Gasteiger charge is -2.29. The largest absolute Gasteiger partial charge is 0.378 e. The average Bonchev–Trinajstić information content (AvgIpc) is 2.68. The van der Waals surface area contributed by atoms with Gasteiger partial charge in [0.25, 0.3) is 0 Å². The molecule has 1 aliphatic heterocycles. The quantitative estimate of drug-likeness (QED) is 0.789. The lowest BCUT2D eigenvalue weighted by Crippen LogP contribution is -2.37. The molecule has 0 bridgehead atoms. The molecule has 0 amide bonds. The van der Waals surface area contributed by atoms with Crippen LogP contribution in [0.15, 0.2) is 54.6 Å². The van der Waals surface area contributed by atoms with Gasteiger partial charge in [0.05, 0.1) is 24.8 Å². The molecule has 2 aromatic carbocycles. The summed E-state index contributed by atoms with van der Waals surface area (Å²) in [5, 5.41) is 4.54. The Balaban J connectivity index is 1.69. The number of hydrogen-bond acceptors (Lipinski definition) is 5. The van der Waals surface area contributed by atoms with Gasteiger partial charge >= 0.3 is 0 Å². The SMILES string of the molecule is CC(Nc1nc(N2CCOCC2)c2ccccc2n1)c1ccccc1. The van der Waals surface area contributed by atoms with Crippen LogP contribution in [0.4, 0.5) is 11.8 Å². The van der Waals surface area contributed by atoms with Gasteiger partial charge in [-0.3, -0.25) is 0 Å². The number of rotatable bonds is 4. The third-order valence-electron chi connectivity index (χ3n) is 4.54. The molecular weight excluding hydrogens is 312 g/mol. The zero-order chi connectivity index (χ0) is 17.1. The first-order valence-electron chi connectivity index (χ1n) is 8.72. The van der Waals surface area contributed by atoms with E-state index in [9.17, 15) is 0 Å². The Morgan fingerprint density at radius 2 is 1.68 bits per heavy atom. The number of para-hydroxylation sites is 1. The van der Waals surface area contributed by atoms with E-state index in [4.69, 9.17) is 14.7 Å². The van der Waals surface area contributed by atoms with Crippen LogP contribution >= 0.6 is 0 Å². The number of hydrogen-bond donors (Lipinski definition) is 1. The van der Waals surface area contributed by atoms with E-state index in [1.807, 2.05) is 36.4 Å². The minimum absolute atomic E-state index is 0.139. The summed E-state index contributed by atoms with van der Waals surface area (Å²) in [6.45, 7) is 5.31. The molecule has 5 heteroatoms. The van der Waals surface area contributed by atoms with Crippen molar-refractivity contribution in [2.75, 3.05) is 36.5 Å². The normalized spacial score (nSPS) is 16.0. The van der Waals surface area contributed by atoms with Gasteiger partial charge in [0.1, 0.15) is 5.82 Å². The van der Waals surface area contributed by atoms with Crippen molar-refractivity contribution in [3.05, 3.63) is 60.2 Å². The van der Waals surface area contributed by atoms with Gasteiger partial charge in [0.2, 0.25) is 5.95 Å². The molecule has 0 aliphatic carbocycles. The summed E-state index contributed by atoms with van der Waals surface area (Å²) in [4.78, 5) is 11.8. The fourth-order valence-electron chi connectivity index (χ4n) is 3.16. The van der Waals surface area contributed by atoms with Crippen molar-refractivity contribution in [2.45, 2.75) is 13.0 Å². The third kappa shape index (κ3) is 3.42. The van der Waals surface area contributed by atoms with E-state index in [2.05, 4.69) is 35.3 Å². The molecule has 1 aromatic heterocycles. The van der Waals surface area contributed by atoms with Gasteiger partial charge in [0, 0.05) is 18.5 Å². The maximum Gasteiger partial charge on any atom is 0.225 e. The summed E-state index contributed by atoms with van der Waals surface area (Å²) >= 11 is 0. The predicted molar refractivity (Wildman–Crippen MR) is 101 cm³/mol. The third-order valence-corrected chi connectivity index (χ3v) is 4.54.